The van der Waals surface area contributed by atoms with E-state index in [2.05, 4.69) is 18.7 Å². The second kappa shape index (κ2) is 6.46. The van der Waals surface area contributed by atoms with E-state index in [0.29, 0.717) is 18.0 Å². The Kier molecular flexibility index (Phi) is 5.58. The van der Waals surface area contributed by atoms with Crippen molar-refractivity contribution in [2.75, 3.05) is 26.8 Å². The van der Waals surface area contributed by atoms with Crippen LogP contribution in [-0.4, -0.2) is 43.8 Å². The lowest BCUT2D eigenvalue weighted by molar-refractivity contribution is 0.0939. The summed E-state index contributed by atoms with van der Waals surface area (Å²) in [5.74, 6) is 0.684. The van der Waals surface area contributed by atoms with Gasteiger partial charge in [-0.15, -0.1) is 0 Å². The minimum atomic E-state index is 0.336. The zero-order chi connectivity index (χ0) is 11.3. The number of likely N-dealkylation sites (tertiary alicyclic amines) is 1. The average Bonchev–Trinajstić information content (AvgIpc) is 2.26. The third kappa shape index (κ3) is 4.09. The number of hydrogen-bond donors (Lipinski definition) is 1. The molecule has 1 rings (SSSR count). The number of methoxy groups -OCH3 is 1. The Morgan fingerprint density at radius 1 is 1.47 bits per heavy atom. The standard InChI is InChI=1S/C12H26N2O/c1-10(6-8-15-3)14-7-4-5-12(9-14)11(2)13/h10-12H,4-9,13H2,1-3H3. The predicted molar refractivity (Wildman–Crippen MR) is 63.9 cm³/mol. The minimum absolute atomic E-state index is 0.336. The fraction of sp³-hybridized carbons (Fsp3) is 1.00. The first kappa shape index (κ1) is 12.9. The van der Waals surface area contributed by atoms with Crippen LogP contribution in [0.3, 0.4) is 0 Å². The Labute approximate surface area is 94.0 Å². The molecule has 0 aliphatic carbocycles. The molecule has 3 heteroatoms. The summed E-state index contributed by atoms with van der Waals surface area (Å²) in [7, 11) is 1.77. The van der Waals surface area contributed by atoms with Gasteiger partial charge in [-0.1, -0.05) is 0 Å². The molecule has 0 bridgehead atoms. The van der Waals surface area contributed by atoms with E-state index in [9.17, 15) is 0 Å². The Morgan fingerprint density at radius 2 is 2.20 bits per heavy atom. The van der Waals surface area contributed by atoms with Crippen LogP contribution in [0.4, 0.5) is 0 Å². The van der Waals surface area contributed by atoms with Gasteiger partial charge in [-0.2, -0.15) is 0 Å². The van der Waals surface area contributed by atoms with Crippen molar-refractivity contribution in [3.8, 4) is 0 Å². The highest BCUT2D eigenvalue weighted by molar-refractivity contribution is 4.81. The highest BCUT2D eigenvalue weighted by atomic mass is 16.5. The van der Waals surface area contributed by atoms with Gasteiger partial charge in [0.2, 0.25) is 0 Å². The van der Waals surface area contributed by atoms with Crippen molar-refractivity contribution in [2.24, 2.45) is 11.7 Å². The Hall–Kier alpha value is -0.120. The van der Waals surface area contributed by atoms with E-state index in [0.717, 1.165) is 13.0 Å². The van der Waals surface area contributed by atoms with E-state index in [4.69, 9.17) is 10.5 Å². The summed E-state index contributed by atoms with van der Waals surface area (Å²) in [5.41, 5.74) is 5.98. The molecule has 1 fully saturated rings. The molecule has 1 heterocycles. The van der Waals surface area contributed by atoms with E-state index >= 15 is 0 Å². The summed E-state index contributed by atoms with van der Waals surface area (Å²) in [6.45, 7) is 7.69. The van der Waals surface area contributed by atoms with Gasteiger partial charge in [0.25, 0.3) is 0 Å². The zero-order valence-corrected chi connectivity index (χ0v) is 10.4. The van der Waals surface area contributed by atoms with Crippen molar-refractivity contribution < 1.29 is 4.74 Å². The monoisotopic (exact) mass is 214 g/mol. The average molecular weight is 214 g/mol. The van der Waals surface area contributed by atoms with Crippen LogP contribution in [0.1, 0.15) is 33.1 Å². The molecule has 0 amide bonds. The van der Waals surface area contributed by atoms with E-state index in [1.54, 1.807) is 7.11 Å². The molecule has 2 N–H and O–H groups in total. The number of piperidine rings is 1. The molecule has 15 heavy (non-hydrogen) atoms. The summed E-state index contributed by atoms with van der Waals surface area (Å²) in [6, 6.07) is 0.967. The molecule has 3 nitrogen and oxygen atoms in total. The molecular weight excluding hydrogens is 188 g/mol. The predicted octanol–water partition coefficient (Wildman–Crippen LogP) is 1.47. The molecule has 0 aromatic heterocycles. The Morgan fingerprint density at radius 3 is 2.80 bits per heavy atom. The third-order valence-electron chi connectivity index (χ3n) is 3.60. The molecule has 3 atom stereocenters. The highest BCUT2D eigenvalue weighted by Gasteiger charge is 2.25. The van der Waals surface area contributed by atoms with Crippen LogP contribution in [0.25, 0.3) is 0 Å². The Bertz CT molecular complexity index is 173. The van der Waals surface area contributed by atoms with Crippen molar-refractivity contribution in [3.05, 3.63) is 0 Å². The van der Waals surface area contributed by atoms with Crippen LogP contribution in [0.15, 0.2) is 0 Å². The molecule has 1 aliphatic heterocycles. The first-order valence-corrected chi connectivity index (χ1v) is 6.13. The fourth-order valence-electron chi connectivity index (χ4n) is 2.34. The lowest BCUT2D eigenvalue weighted by atomic mass is 9.91. The number of ether oxygens (including phenoxy) is 1. The van der Waals surface area contributed by atoms with Crippen molar-refractivity contribution in [1.82, 2.24) is 4.90 Å². The molecular formula is C12H26N2O. The van der Waals surface area contributed by atoms with Gasteiger partial charge in [0.05, 0.1) is 0 Å². The van der Waals surface area contributed by atoms with Crippen molar-refractivity contribution >= 4 is 0 Å². The van der Waals surface area contributed by atoms with Gasteiger partial charge in [0.15, 0.2) is 0 Å². The summed E-state index contributed by atoms with van der Waals surface area (Å²) >= 11 is 0. The number of nitrogens with two attached hydrogens (primary N) is 1. The van der Waals surface area contributed by atoms with Crippen molar-refractivity contribution in [3.63, 3.8) is 0 Å². The summed E-state index contributed by atoms with van der Waals surface area (Å²) in [4.78, 5) is 2.57. The van der Waals surface area contributed by atoms with Crippen molar-refractivity contribution in [2.45, 2.75) is 45.2 Å². The molecule has 0 radical (unpaired) electrons. The van der Waals surface area contributed by atoms with Crippen LogP contribution in [-0.2, 0) is 4.74 Å². The Balaban J connectivity index is 2.34. The van der Waals surface area contributed by atoms with Crippen molar-refractivity contribution in [1.29, 1.82) is 0 Å². The topological polar surface area (TPSA) is 38.5 Å². The zero-order valence-electron chi connectivity index (χ0n) is 10.4. The number of rotatable bonds is 5. The quantitative estimate of drug-likeness (QED) is 0.753. The lowest BCUT2D eigenvalue weighted by Crippen LogP contribution is -2.46. The second-order valence-corrected chi connectivity index (χ2v) is 4.89. The second-order valence-electron chi connectivity index (χ2n) is 4.89. The normalized spacial score (nSPS) is 27.6. The molecule has 0 aromatic rings. The van der Waals surface area contributed by atoms with Gasteiger partial charge in [-0.25, -0.2) is 0 Å². The number of hydrogen-bond acceptors (Lipinski definition) is 3. The maximum Gasteiger partial charge on any atom is 0.0477 e. The van der Waals surface area contributed by atoms with Crippen LogP contribution < -0.4 is 5.73 Å². The fourth-order valence-corrected chi connectivity index (χ4v) is 2.34. The van der Waals surface area contributed by atoms with E-state index in [1.165, 1.54) is 25.9 Å². The van der Waals surface area contributed by atoms with Crippen LogP contribution in [0, 0.1) is 5.92 Å². The molecule has 0 spiro atoms. The lowest BCUT2D eigenvalue weighted by Gasteiger charge is -2.38. The van der Waals surface area contributed by atoms with Gasteiger partial charge in [0, 0.05) is 32.3 Å². The molecule has 1 saturated heterocycles. The number of nitrogens with zero attached hydrogens (tertiary/aromatic N) is 1. The summed E-state index contributed by atoms with van der Waals surface area (Å²) < 4.78 is 5.13. The smallest absolute Gasteiger partial charge is 0.0477 e. The highest BCUT2D eigenvalue weighted by Crippen LogP contribution is 2.21. The SMILES string of the molecule is COCCC(C)N1CCCC(C(C)N)C1. The van der Waals surface area contributed by atoms with E-state index < -0.39 is 0 Å². The third-order valence-corrected chi connectivity index (χ3v) is 3.60. The van der Waals surface area contributed by atoms with Gasteiger partial charge >= 0.3 is 0 Å². The van der Waals surface area contributed by atoms with Gasteiger partial charge < -0.3 is 15.4 Å². The summed E-state index contributed by atoms with van der Waals surface area (Å²) in [6.07, 6.45) is 3.72. The molecule has 90 valence electrons. The maximum absolute atomic E-state index is 5.98. The van der Waals surface area contributed by atoms with Crippen LogP contribution >= 0.6 is 0 Å². The minimum Gasteiger partial charge on any atom is -0.385 e. The molecule has 0 aromatic carbocycles. The van der Waals surface area contributed by atoms with Crippen LogP contribution in [0.2, 0.25) is 0 Å². The van der Waals surface area contributed by atoms with Crippen LogP contribution in [0.5, 0.6) is 0 Å². The van der Waals surface area contributed by atoms with Gasteiger partial charge in [0.1, 0.15) is 0 Å². The van der Waals surface area contributed by atoms with Gasteiger partial charge in [-0.3, -0.25) is 0 Å². The van der Waals surface area contributed by atoms with Gasteiger partial charge in [-0.05, 0) is 45.6 Å². The van der Waals surface area contributed by atoms with E-state index in [1.807, 2.05) is 0 Å². The summed E-state index contributed by atoms with van der Waals surface area (Å²) in [5, 5.41) is 0. The molecule has 0 saturated carbocycles. The largest absolute Gasteiger partial charge is 0.385 e. The molecule has 3 unspecified atom stereocenters. The van der Waals surface area contributed by atoms with E-state index in [-0.39, 0.29) is 0 Å². The molecule has 1 aliphatic rings. The first-order chi connectivity index (χ1) is 7.15. The first-order valence-electron chi connectivity index (χ1n) is 6.13. The maximum atomic E-state index is 5.98.